The molecule has 0 bridgehead atoms. The van der Waals surface area contributed by atoms with E-state index in [0.717, 1.165) is 95.2 Å². The largest absolute Gasteiger partial charge is 0.508 e. The van der Waals surface area contributed by atoms with E-state index >= 15 is 0 Å². The van der Waals surface area contributed by atoms with Gasteiger partial charge in [0.2, 0.25) is 6.41 Å². The third kappa shape index (κ3) is 13.5. The molecule has 1 heterocycles. The summed E-state index contributed by atoms with van der Waals surface area (Å²) in [4.78, 5) is 22.9. The number of piperidine rings is 1. The predicted molar refractivity (Wildman–Crippen MR) is 210 cm³/mol. The van der Waals surface area contributed by atoms with Gasteiger partial charge in [0.1, 0.15) is 29.5 Å². The van der Waals surface area contributed by atoms with E-state index in [-0.39, 0.29) is 17.8 Å². The average molecular weight is 719 g/mol. The molecule has 0 aliphatic carbocycles. The van der Waals surface area contributed by atoms with Crippen LogP contribution in [0.2, 0.25) is 0 Å². The normalized spacial score (nSPS) is 14.2. The molecule has 0 unspecified atom stereocenters. The first-order valence-corrected chi connectivity index (χ1v) is 18.7. The van der Waals surface area contributed by atoms with Gasteiger partial charge in [0.15, 0.2) is 6.29 Å². The van der Waals surface area contributed by atoms with Crippen LogP contribution in [-0.4, -0.2) is 94.4 Å². The predicted octanol–water partition coefficient (Wildman–Crippen LogP) is 6.07. The summed E-state index contributed by atoms with van der Waals surface area (Å²) in [6.07, 6.45) is 7.94. The van der Waals surface area contributed by atoms with Crippen molar-refractivity contribution in [2.75, 3.05) is 72.0 Å². The van der Waals surface area contributed by atoms with Gasteiger partial charge < -0.3 is 40.5 Å². The van der Waals surface area contributed by atoms with Crippen molar-refractivity contribution in [1.29, 1.82) is 0 Å². The Balaban J connectivity index is 0.000000715. The van der Waals surface area contributed by atoms with Gasteiger partial charge in [-0.15, -0.1) is 0 Å². The number of phenols is 2. The lowest BCUT2D eigenvalue weighted by molar-refractivity contribution is -0.110. The number of nitrogens with zero attached hydrogens (tertiary/aromatic N) is 1. The summed E-state index contributed by atoms with van der Waals surface area (Å²) in [5.74, 6) is 0.995. The van der Waals surface area contributed by atoms with Gasteiger partial charge in [-0.05, 0) is 112 Å². The van der Waals surface area contributed by atoms with Crippen molar-refractivity contribution in [2.45, 2.75) is 71.1 Å². The Morgan fingerprint density at radius 1 is 0.885 bits per heavy atom. The first-order chi connectivity index (χ1) is 25.0. The van der Waals surface area contributed by atoms with Crippen LogP contribution in [0.1, 0.15) is 75.1 Å². The van der Waals surface area contributed by atoms with Crippen molar-refractivity contribution in [1.82, 2.24) is 15.5 Å². The number of nitrogens with one attached hydrogen (secondary N) is 3. The van der Waals surface area contributed by atoms with E-state index < -0.39 is 0 Å². The minimum atomic E-state index is -0.177. The van der Waals surface area contributed by atoms with Gasteiger partial charge in [0, 0.05) is 31.2 Å². The summed E-state index contributed by atoms with van der Waals surface area (Å²) in [6, 6.07) is 20.2. The minimum Gasteiger partial charge on any atom is -0.508 e. The number of carbonyl (C=O) groups is 2. The molecule has 1 saturated heterocycles. The second-order valence-electron chi connectivity index (χ2n) is 14.7. The number of phenolic OH excluding ortho intramolecular Hbond substituents is 2. The lowest BCUT2D eigenvalue weighted by atomic mass is 9.67. The maximum absolute atomic E-state index is 11.0. The molecule has 3 aromatic carbocycles. The van der Waals surface area contributed by atoms with Gasteiger partial charge in [0.25, 0.3) is 0 Å². The van der Waals surface area contributed by atoms with E-state index in [9.17, 15) is 19.8 Å². The second-order valence-corrected chi connectivity index (χ2v) is 14.7. The Kier molecular flexibility index (Phi) is 17.9. The standard InChI is InChI=1S/C35H47N3O5.C7H15NO/c1-36-33-32(41)13-11-28(34(33)43-25-22-39)14-19-37-18-6-7-23-42-24-15-27-10-12-31(40)30(26-27)35(16-20-38(2)21-17-35)29-8-4-3-5-9-29;1-7(2,3)4-5-8-6-9/h3-5,8-13,22,26,36-37,40-41H,6-7,14-21,23-25H2,1-2H3;6H,4-5H2,1-3H3,(H,8,9). The molecule has 1 aliphatic rings. The van der Waals surface area contributed by atoms with E-state index in [2.05, 4.69) is 85.1 Å². The van der Waals surface area contributed by atoms with Crippen LogP contribution in [0.25, 0.3) is 0 Å². The Hall–Kier alpha value is -4.12. The summed E-state index contributed by atoms with van der Waals surface area (Å²) in [5.41, 5.74) is 5.08. The number of carbonyl (C=O) groups excluding carboxylic acids is 2. The summed E-state index contributed by atoms with van der Waals surface area (Å²) in [5, 5.41) is 30.1. The highest BCUT2D eigenvalue weighted by atomic mass is 16.5. The first kappa shape index (κ1) is 42.3. The van der Waals surface area contributed by atoms with Gasteiger partial charge in [0.05, 0.1) is 6.61 Å². The van der Waals surface area contributed by atoms with E-state index in [1.807, 2.05) is 18.2 Å². The highest BCUT2D eigenvalue weighted by Crippen LogP contribution is 2.45. The zero-order chi connectivity index (χ0) is 37.8. The van der Waals surface area contributed by atoms with Crippen LogP contribution >= 0.6 is 0 Å². The summed E-state index contributed by atoms with van der Waals surface area (Å²) in [7, 11) is 3.88. The van der Waals surface area contributed by atoms with E-state index in [1.54, 1.807) is 13.1 Å². The topological polar surface area (TPSA) is 132 Å². The number of ether oxygens (including phenoxy) is 2. The first-order valence-electron chi connectivity index (χ1n) is 18.7. The van der Waals surface area contributed by atoms with Crippen LogP contribution in [0.4, 0.5) is 5.69 Å². The molecule has 286 valence electrons. The van der Waals surface area contributed by atoms with Crippen LogP contribution < -0.4 is 20.7 Å². The fourth-order valence-corrected chi connectivity index (χ4v) is 6.53. The number of benzene rings is 3. The summed E-state index contributed by atoms with van der Waals surface area (Å²) < 4.78 is 11.5. The molecular weight excluding hydrogens is 656 g/mol. The molecule has 0 saturated carbocycles. The van der Waals surface area contributed by atoms with Gasteiger partial charge in [-0.3, -0.25) is 9.59 Å². The molecule has 1 amide bonds. The summed E-state index contributed by atoms with van der Waals surface area (Å²) in [6.45, 7) is 12.2. The van der Waals surface area contributed by atoms with Crippen LogP contribution in [0, 0.1) is 5.41 Å². The molecule has 52 heavy (non-hydrogen) atoms. The molecule has 0 aromatic heterocycles. The van der Waals surface area contributed by atoms with Gasteiger partial charge in [-0.1, -0.05) is 69.3 Å². The van der Waals surface area contributed by atoms with Crippen LogP contribution in [0.3, 0.4) is 0 Å². The van der Waals surface area contributed by atoms with Crippen molar-refractivity contribution in [2.24, 2.45) is 5.41 Å². The van der Waals surface area contributed by atoms with Crippen molar-refractivity contribution in [3.63, 3.8) is 0 Å². The van der Waals surface area contributed by atoms with Gasteiger partial charge in [-0.2, -0.15) is 0 Å². The molecular formula is C42H62N4O6. The van der Waals surface area contributed by atoms with Gasteiger partial charge >= 0.3 is 0 Å². The fraction of sp³-hybridized carbons (Fsp3) is 0.524. The lowest BCUT2D eigenvalue weighted by Gasteiger charge is -2.42. The van der Waals surface area contributed by atoms with Crippen LogP contribution in [-0.2, 0) is 32.6 Å². The highest BCUT2D eigenvalue weighted by molar-refractivity contribution is 5.69. The number of aldehydes is 1. The number of amides is 1. The van der Waals surface area contributed by atoms with Crippen LogP contribution in [0.5, 0.6) is 17.2 Å². The molecule has 10 heteroatoms. The third-order valence-electron chi connectivity index (χ3n) is 9.61. The Morgan fingerprint density at radius 3 is 2.29 bits per heavy atom. The Morgan fingerprint density at radius 2 is 1.62 bits per heavy atom. The number of hydrogen-bond donors (Lipinski definition) is 5. The quantitative estimate of drug-likeness (QED) is 0.0537. The maximum atomic E-state index is 11.0. The third-order valence-corrected chi connectivity index (χ3v) is 9.61. The van der Waals surface area contributed by atoms with Crippen molar-refractivity contribution in [3.8, 4) is 17.2 Å². The number of rotatable bonds is 20. The zero-order valence-corrected chi connectivity index (χ0v) is 32.0. The Labute approximate surface area is 311 Å². The molecule has 3 aromatic rings. The Bertz CT molecular complexity index is 1490. The second kappa shape index (κ2) is 22.1. The van der Waals surface area contributed by atoms with Gasteiger partial charge in [-0.25, -0.2) is 0 Å². The van der Waals surface area contributed by atoms with E-state index in [0.29, 0.717) is 42.1 Å². The van der Waals surface area contributed by atoms with Crippen molar-refractivity contribution < 1.29 is 29.3 Å². The van der Waals surface area contributed by atoms with Crippen molar-refractivity contribution in [3.05, 3.63) is 82.9 Å². The number of aromatic hydroxyl groups is 2. The maximum Gasteiger partial charge on any atom is 0.207 e. The molecule has 1 aliphatic heterocycles. The molecule has 1 fully saturated rings. The number of hydrogen-bond acceptors (Lipinski definition) is 9. The molecule has 5 N–H and O–H groups in total. The minimum absolute atomic E-state index is 0.0568. The number of anilines is 1. The monoisotopic (exact) mass is 718 g/mol. The SMILES string of the molecule is CC(C)(C)CCNC=O.CNc1c(O)ccc(CCNCCCCOCCc2ccc(O)c(C3(c4ccccc4)CCN(C)CC3)c2)c1OCC=O. The number of unbranched alkanes of at least 4 members (excludes halogenated alkanes) is 1. The van der Waals surface area contributed by atoms with Crippen molar-refractivity contribution >= 4 is 18.4 Å². The van der Waals surface area contributed by atoms with E-state index in [4.69, 9.17) is 9.47 Å². The smallest absolute Gasteiger partial charge is 0.207 e. The average Bonchev–Trinajstić information content (AvgIpc) is 3.13. The molecule has 0 spiro atoms. The zero-order valence-electron chi connectivity index (χ0n) is 32.0. The molecule has 10 nitrogen and oxygen atoms in total. The van der Waals surface area contributed by atoms with E-state index in [1.165, 1.54) is 11.1 Å². The molecule has 0 radical (unpaired) electrons. The lowest BCUT2D eigenvalue weighted by Crippen LogP contribution is -2.41. The van der Waals surface area contributed by atoms with Crippen LogP contribution in [0.15, 0.2) is 60.7 Å². The molecule has 0 atom stereocenters. The highest BCUT2D eigenvalue weighted by Gasteiger charge is 2.39. The molecule has 4 rings (SSSR count). The fourth-order valence-electron chi connectivity index (χ4n) is 6.53. The number of likely N-dealkylation sites (tertiary alicyclic amines) is 1. The summed E-state index contributed by atoms with van der Waals surface area (Å²) >= 11 is 0.